The van der Waals surface area contributed by atoms with E-state index < -0.39 is 0 Å². The molecule has 1 heterocycles. The second-order valence-corrected chi connectivity index (χ2v) is 8.48. The van der Waals surface area contributed by atoms with Crippen LogP contribution in [0.15, 0.2) is 0 Å². The van der Waals surface area contributed by atoms with Gasteiger partial charge in [-0.3, -0.25) is 0 Å². The largest absolute Gasteiger partial charge is 0.393 e. The van der Waals surface area contributed by atoms with Gasteiger partial charge in [-0.25, -0.2) is 0 Å². The Hall–Kier alpha value is -0.120. The molecule has 0 radical (unpaired) electrons. The molecule has 0 aromatic heterocycles. The topological polar surface area (TPSA) is 35.5 Å². The van der Waals surface area contributed by atoms with E-state index in [1.165, 1.54) is 71.0 Å². The minimum Gasteiger partial charge on any atom is -0.393 e. The molecule has 0 bridgehead atoms. The van der Waals surface area contributed by atoms with Crippen molar-refractivity contribution < 1.29 is 5.11 Å². The summed E-state index contributed by atoms with van der Waals surface area (Å²) >= 11 is 0. The summed E-state index contributed by atoms with van der Waals surface area (Å²) in [5, 5.41) is 14.0. The zero-order chi connectivity index (χ0) is 14.3. The van der Waals surface area contributed by atoms with Crippen molar-refractivity contribution in [3.8, 4) is 0 Å². The fraction of sp³-hybridized carbons (Fsp3) is 1.00. The van der Waals surface area contributed by atoms with Crippen LogP contribution in [0.3, 0.4) is 0 Å². The molecule has 3 saturated carbocycles. The highest BCUT2D eigenvalue weighted by Crippen LogP contribution is 2.42. The molecule has 3 heteroatoms. The summed E-state index contributed by atoms with van der Waals surface area (Å²) in [6, 6.07) is 0.837. The van der Waals surface area contributed by atoms with Crippen molar-refractivity contribution >= 4 is 0 Å². The van der Waals surface area contributed by atoms with Crippen LogP contribution in [0.1, 0.15) is 57.8 Å². The molecule has 0 spiro atoms. The van der Waals surface area contributed by atoms with Crippen LogP contribution in [0.25, 0.3) is 0 Å². The predicted octanol–water partition coefficient (Wildman–Crippen LogP) is 2.39. The lowest BCUT2D eigenvalue weighted by Gasteiger charge is -2.41. The Morgan fingerprint density at radius 1 is 1.00 bits per heavy atom. The number of nitrogens with zero attached hydrogens (tertiary/aromatic N) is 1. The van der Waals surface area contributed by atoms with E-state index >= 15 is 0 Å². The molecular formula is C18H32N2O. The minimum absolute atomic E-state index is 0.00750. The van der Waals surface area contributed by atoms with Gasteiger partial charge in [0.25, 0.3) is 0 Å². The second kappa shape index (κ2) is 5.82. The molecule has 4 aliphatic rings. The van der Waals surface area contributed by atoms with Crippen molar-refractivity contribution in [2.24, 2.45) is 17.3 Å². The molecule has 120 valence electrons. The number of nitrogens with one attached hydrogen (secondary N) is 1. The van der Waals surface area contributed by atoms with Crippen molar-refractivity contribution in [1.82, 2.24) is 10.2 Å². The molecular weight excluding hydrogens is 260 g/mol. The molecule has 3 nitrogen and oxygen atoms in total. The van der Waals surface area contributed by atoms with E-state index in [9.17, 15) is 5.11 Å². The van der Waals surface area contributed by atoms with Crippen LogP contribution >= 0.6 is 0 Å². The molecule has 1 saturated heterocycles. The standard InChI is InChI=1S/C18H32N2O/c21-17-7-4-14-10-20(11-16(14)17)13-18(8-2-1-3-9-18)12-19-15-5-6-15/h14-17,19,21H,1-13H2. The maximum absolute atomic E-state index is 10.1. The number of fused-ring (bicyclic) bond motifs is 1. The fourth-order valence-corrected chi connectivity index (χ4v) is 5.27. The Morgan fingerprint density at radius 2 is 1.81 bits per heavy atom. The van der Waals surface area contributed by atoms with Crippen molar-refractivity contribution in [2.45, 2.75) is 69.9 Å². The third-order valence-electron chi connectivity index (χ3n) is 6.71. The zero-order valence-corrected chi connectivity index (χ0v) is 13.4. The Morgan fingerprint density at radius 3 is 2.52 bits per heavy atom. The molecule has 2 N–H and O–H groups in total. The molecule has 21 heavy (non-hydrogen) atoms. The number of aliphatic hydroxyl groups excluding tert-OH is 1. The van der Waals surface area contributed by atoms with Crippen LogP contribution in [0, 0.1) is 17.3 Å². The van der Waals surface area contributed by atoms with Crippen LogP contribution in [0.5, 0.6) is 0 Å². The zero-order valence-electron chi connectivity index (χ0n) is 13.4. The molecule has 1 aliphatic heterocycles. The van der Waals surface area contributed by atoms with Crippen molar-refractivity contribution in [1.29, 1.82) is 0 Å². The summed E-state index contributed by atoms with van der Waals surface area (Å²) in [7, 11) is 0. The van der Waals surface area contributed by atoms with E-state index in [0.717, 1.165) is 24.9 Å². The molecule has 4 rings (SSSR count). The molecule has 0 aromatic carbocycles. The van der Waals surface area contributed by atoms with E-state index in [1.54, 1.807) is 0 Å². The van der Waals surface area contributed by atoms with Gasteiger partial charge in [-0.05, 0) is 49.9 Å². The van der Waals surface area contributed by atoms with E-state index in [1.807, 2.05) is 0 Å². The lowest BCUT2D eigenvalue weighted by Crippen LogP contribution is -2.45. The van der Waals surface area contributed by atoms with E-state index in [4.69, 9.17) is 0 Å². The first-order chi connectivity index (χ1) is 10.2. The van der Waals surface area contributed by atoms with Crippen LogP contribution < -0.4 is 5.32 Å². The van der Waals surface area contributed by atoms with Gasteiger partial charge in [0, 0.05) is 38.1 Å². The third-order valence-corrected chi connectivity index (χ3v) is 6.71. The van der Waals surface area contributed by atoms with Gasteiger partial charge in [-0.15, -0.1) is 0 Å². The maximum atomic E-state index is 10.1. The highest BCUT2D eigenvalue weighted by atomic mass is 16.3. The van der Waals surface area contributed by atoms with Gasteiger partial charge in [0.15, 0.2) is 0 Å². The van der Waals surface area contributed by atoms with Crippen LogP contribution in [0.4, 0.5) is 0 Å². The molecule has 0 amide bonds. The molecule has 3 aliphatic carbocycles. The minimum atomic E-state index is -0.00750. The van der Waals surface area contributed by atoms with Gasteiger partial charge in [0.2, 0.25) is 0 Å². The number of hydrogen-bond donors (Lipinski definition) is 2. The third kappa shape index (κ3) is 3.16. The normalized spacial score (nSPS) is 39.6. The van der Waals surface area contributed by atoms with Crippen molar-refractivity contribution in [2.75, 3.05) is 26.2 Å². The lowest BCUT2D eigenvalue weighted by molar-refractivity contribution is 0.0934. The first-order valence-electron chi connectivity index (χ1n) is 9.38. The summed E-state index contributed by atoms with van der Waals surface area (Å²) in [4.78, 5) is 2.71. The predicted molar refractivity (Wildman–Crippen MR) is 85.2 cm³/mol. The SMILES string of the molecule is OC1CCC2CN(CC3(CNC4CC4)CCCCC3)CC12. The van der Waals surface area contributed by atoms with Gasteiger partial charge in [0.05, 0.1) is 6.10 Å². The highest BCUT2D eigenvalue weighted by Gasteiger charge is 2.44. The first kappa shape index (κ1) is 14.5. The number of likely N-dealkylation sites (tertiary alicyclic amines) is 1. The smallest absolute Gasteiger partial charge is 0.0583 e. The number of hydrogen-bond acceptors (Lipinski definition) is 3. The second-order valence-electron chi connectivity index (χ2n) is 8.48. The summed E-state index contributed by atoms with van der Waals surface area (Å²) < 4.78 is 0. The monoisotopic (exact) mass is 292 g/mol. The Bertz CT molecular complexity index is 362. The van der Waals surface area contributed by atoms with Crippen LogP contribution in [0.2, 0.25) is 0 Å². The summed E-state index contributed by atoms with van der Waals surface area (Å²) in [5.41, 5.74) is 0.532. The molecule has 0 aromatic rings. The highest BCUT2D eigenvalue weighted by molar-refractivity contribution is 4.97. The van der Waals surface area contributed by atoms with Gasteiger partial charge in [-0.1, -0.05) is 19.3 Å². The summed E-state index contributed by atoms with van der Waals surface area (Å²) in [6.45, 7) is 4.95. The Labute approximate surface area is 129 Å². The molecule has 3 unspecified atom stereocenters. The van der Waals surface area contributed by atoms with Gasteiger partial charge in [0.1, 0.15) is 0 Å². The Kier molecular flexibility index (Phi) is 4.01. The number of rotatable bonds is 5. The van der Waals surface area contributed by atoms with E-state index in [2.05, 4.69) is 10.2 Å². The summed E-state index contributed by atoms with van der Waals surface area (Å²) in [5.74, 6) is 1.37. The maximum Gasteiger partial charge on any atom is 0.0583 e. The fourth-order valence-electron chi connectivity index (χ4n) is 5.27. The first-order valence-corrected chi connectivity index (χ1v) is 9.38. The van der Waals surface area contributed by atoms with E-state index in [-0.39, 0.29) is 6.10 Å². The number of aliphatic hydroxyl groups is 1. The van der Waals surface area contributed by atoms with Crippen LogP contribution in [-0.4, -0.2) is 48.3 Å². The van der Waals surface area contributed by atoms with Gasteiger partial charge in [-0.2, -0.15) is 0 Å². The van der Waals surface area contributed by atoms with Crippen molar-refractivity contribution in [3.63, 3.8) is 0 Å². The average molecular weight is 292 g/mol. The Balaban J connectivity index is 1.37. The molecule has 3 atom stereocenters. The van der Waals surface area contributed by atoms with Crippen LogP contribution in [-0.2, 0) is 0 Å². The lowest BCUT2D eigenvalue weighted by atomic mass is 9.73. The quantitative estimate of drug-likeness (QED) is 0.817. The van der Waals surface area contributed by atoms with Gasteiger partial charge < -0.3 is 15.3 Å². The van der Waals surface area contributed by atoms with E-state index in [0.29, 0.717) is 11.3 Å². The van der Waals surface area contributed by atoms with Crippen molar-refractivity contribution in [3.05, 3.63) is 0 Å². The summed E-state index contributed by atoms with van der Waals surface area (Å²) in [6.07, 6.45) is 12.2. The average Bonchev–Trinajstić information content (AvgIpc) is 3.15. The van der Waals surface area contributed by atoms with Gasteiger partial charge >= 0.3 is 0 Å². The molecule has 4 fully saturated rings.